The van der Waals surface area contributed by atoms with Crippen LogP contribution in [0.5, 0.6) is 0 Å². The van der Waals surface area contributed by atoms with Crippen molar-refractivity contribution in [2.75, 3.05) is 12.3 Å². The fraction of sp³-hybridized carbons (Fsp3) is 0.182. The van der Waals surface area contributed by atoms with Crippen LogP contribution in [-0.4, -0.2) is 22.6 Å². The number of benzene rings is 1. The molecule has 7 heteroatoms. The predicted molar refractivity (Wildman–Crippen MR) is 68.9 cm³/mol. The van der Waals surface area contributed by atoms with Crippen molar-refractivity contribution in [3.05, 3.63) is 40.5 Å². The van der Waals surface area contributed by atoms with Crippen LogP contribution in [0.25, 0.3) is 0 Å². The molecular formula is C11H11BrN4O2. The van der Waals surface area contributed by atoms with Crippen LogP contribution in [0.1, 0.15) is 16.2 Å². The molecule has 1 heterocycles. The minimum Gasteiger partial charge on any atom is -0.399 e. The third kappa shape index (κ3) is 3.07. The van der Waals surface area contributed by atoms with E-state index in [-0.39, 0.29) is 5.91 Å². The van der Waals surface area contributed by atoms with Gasteiger partial charge in [0.15, 0.2) is 6.33 Å². The van der Waals surface area contributed by atoms with Crippen molar-refractivity contribution in [3.8, 4) is 0 Å². The number of carbonyl (C=O) groups is 1. The van der Waals surface area contributed by atoms with E-state index in [1.807, 2.05) is 0 Å². The molecule has 0 fully saturated rings. The van der Waals surface area contributed by atoms with Crippen molar-refractivity contribution in [2.24, 2.45) is 0 Å². The molecule has 6 nitrogen and oxygen atoms in total. The van der Waals surface area contributed by atoms with Crippen molar-refractivity contribution in [3.63, 3.8) is 0 Å². The largest absolute Gasteiger partial charge is 0.399 e. The smallest absolute Gasteiger partial charge is 0.252 e. The number of halogens is 1. The van der Waals surface area contributed by atoms with E-state index in [1.165, 1.54) is 6.33 Å². The number of nitrogens with zero attached hydrogens (tertiary/aromatic N) is 2. The molecular weight excluding hydrogens is 300 g/mol. The highest BCUT2D eigenvalue weighted by atomic mass is 79.9. The van der Waals surface area contributed by atoms with Crippen LogP contribution in [0.2, 0.25) is 0 Å². The summed E-state index contributed by atoms with van der Waals surface area (Å²) in [4.78, 5) is 15.7. The highest BCUT2D eigenvalue weighted by molar-refractivity contribution is 9.10. The molecule has 0 bridgehead atoms. The first kappa shape index (κ1) is 12.6. The molecule has 1 aromatic heterocycles. The molecule has 2 aromatic rings. The van der Waals surface area contributed by atoms with Gasteiger partial charge in [-0.15, -0.1) is 0 Å². The van der Waals surface area contributed by atoms with Crippen LogP contribution in [0, 0.1) is 0 Å². The van der Waals surface area contributed by atoms with Crippen LogP contribution in [0.4, 0.5) is 5.69 Å². The van der Waals surface area contributed by atoms with Gasteiger partial charge in [-0.05, 0) is 34.1 Å². The van der Waals surface area contributed by atoms with Crippen molar-refractivity contribution in [1.82, 2.24) is 15.5 Å². The van der Waals surface area contributed by atoms with Gasteiger partial charge in [-0.2, -0.15) is 4.98 Å². The second-order valence-electron chi connectivity index (χ2n) is 3.58. The molecule has 0 saturated carbocycles. The van der Waals surface area contributed by atoms with Crippen LogP contribution < -0.4 is 11.1 Å². The average molecular weight is 311 g/mol. The van der Waals surface area contributed by atoms with Gasteiger partial charge in [0.1, 0.15) is 0 Å². The third-order valence-electron chi connectivity index (χ3n) is 2.27. The number of nitrogens with two attached hydrogens (primary N) is 1. The van der Waals surface area contributed by atoms with Crippen LogP contribution in [0.3, 0.4) is 0 Å². The van der Waals surface area contributed by atoms with Gasteiger partial charge in [-0.1, -0.05) is 5.16 Å². The van der Waals surface area contributed by atoms with E-state index in [0.717, 1.165) is 0 Å². The summed E-state index contributed by atoms with van der Waals surface area (Å²) in [5.41, 5.74) is 6.68. The van der Waals surface area contributed by atoms with Crippen molar-refractivity contribution in [1.29, 1.82) is 0 Å². The Kier molecular flexibility index (Phi) is 3.93. The van der Waals surface area contributed by atoms with E-state index in [9.17, 15) is 4.79 Å². The summed E-state index contributed by atoms with van der Waals surface area (Å²) in [5.74, 6) is 0.288. The SMILES string of the molecule is Nc1ccc(Br)c(C(=O)NCCc2ncno2)c1. The lowest BCUT2D eigenvalue weighted by atomic mass is 10.2. The number of anilines is 1. The monoisotopic (exact) mass is 310 g/mol. The average Bonchev–Trinajstić information content (AvgIpc) is 2.85. The van der Waals surface area contributed by atoms with Gasteiger partial charge in [-0.3, -0.25) is 4.79 Å². The molecule has 0 saturated heterocycles. The Morgan fingerprint density at radius 2 is 2.33 bits per heavy atom. The van der Waals surface area contributed by atoms with E-state index < -0.39 is 0 Å². The molecule has 1 amide bonds. The zero-order chi connectivity index (χ0) is 13.0. The van der Waals surface area contributed by atoms with Gasteiger partial charge in [0.25, 0.3) is 5.91 Å². The number of aromatic nitrogens is 2. The molecule has 0 atom stereocenters. The summed E-state index contributed by atoms with van der Waals surface area (Å²) in [6.07, 6.45) is 1.82. The molecule has 0 aliphatic heterocycles. The Bertz CT molecular complexity index is 542. The highest BCUT2D eigenvalue weighted by Crippen LogP contribution is 2.19. The minimum absolute atomic E-state index is 0.200. The molecule has 1 aromatic carbocycles. The van der Waals surface area contributed by atoms with Gasteiger partial charge in [0.2, 0.25) is 5.89 Å². The Morgan fingerprint density at radius 1 is 1.50 bits per heavy atom. The summed E-state index contributed by atoms with van der Waals surface area (Å²) in [6.45, 7) is 0.419. The minimum atomic E-state index is -0.200. The Balaban J connectivity index is 1.93. The van der Waals surface area contributed by atoms with E-state index in [1.54, 1.807) is 18.2 Å². The lowest BCUT2D eigenvalue weighted by Crippen LogP contribution is -2.26. The first-order valence-corrected chi connectivity index (χ1v) is 6.05. The molecule has 0 aliphatic carbocycles. The summed E-state index contributed by atoms with van der Waals surface area (Å²) in [7, 11) is 0. The maximum atomic E-state index is 11.9. The number of hydrogen-bond acceptors (Lipinski definition) is 5. The van der Waals surface area contributed by atoms with Crippen molar-refractivity contribution in [2.45, 2.75) is 6.42 Å². The molecule has 2 rings (SSSR count). The highest BCUT2D eigenvalue weighted by Gasteiger charge is 2.10. The van der Waals surface area contributed by atoms with Gasteiger partial charge in [0, 0.05) is 23.1 Å². The zero-order valence-electron chi connectivity index (χ0n) is 9.39. The normalized spacial score (nSPS) is 10.3. The Hall–Kier alpha value is -1.89. The van der Waals surface area contributed by atoms with E-state index in [2.05, 4.69) is 31.4 Å². The summed E-state index contributed by atoms with van der Waals surface area (Å²) >= 11 is 3.30. The fourth-order valence-corrected chi connectivity index (χ4v) is 1.83. The molecule has 0 radical (unpaired) electrons. The third-order valence-corrected chi connectivity index (χ3v) is 2.96. The number of nitrogens with one attached hydrogen (secondary N) is 1. The topological polar surface area (TPSA) is 94.0 Å². The first-order valence-electron chi connectivity index (χ1n) is 5.25. The van der Waals surface area contributed by atoms with E-state index in [0.29, 0.717) is 34.6 Å². The Labute approximate surface area is 112 Å². The standard InChI is InChI=1S/C11H11BrN4O2/c12-9-2-1-7(13)5-8(9)11(17)14-4-3-10-15-6-16-18-10/h1-2,5-6H,3-4,13H2,(H,14,17). The fourth-order valence-electron chi connectivity index (χ4n) is 1.40. The second-order valence-corrected chi connectivity index (χ2v) is 4.43. The van der Waals surface area contributed by atoms with Crippen LogP contribution in [-0.2, 0) is 6.42 Å². The summed E-state index contributed by atoms with van der Waals surface area (Å²) in [6, 6.07) is 5.08. The molecule has 0 unspecified atom stereocenters. The molecule has 94 valence electrons. The van der Waals surface area contributed by atoms with Crippen molar-refractivity contribution >= 4 is 27.5 Å². The van der Waals surface area contributed by atoms with Crippen LogP contribution >= 0.6 is 15.9 Å². The van der Waals surface area contributed by atoms with Crippen LogP contribution in [0.15, 0.2) is 33.5 Å². The lowest BCUT2D eigenvalue weighted by molar-refractivity contribution is 0.0952. The molecule has 0 aliphatic rings. The van der Waals surface area contributed by atoms with Gasteiger partial charge in [0.05, 0.1) is 5.56 Å². The quantitative estimate of drug-likeness (QED) is 0.832. The molecule has 18 heavy (non-hydrogen) atoms. The zero-order valence-corrected chi connectivity index (χ0v) is 11.0. The van der Waals surface area contributed by atoms with E-state index in [4.69, 9.17) is 10.3 Å². The Morgan fingerprint density at radius 3 is 3.06 bits per heavy atom. The lowest BCUT2D eigenvalue weighted by Gasteiger charge is -2.06. The number of carbonyl (C=O) groups excluding carboxylic acids is 1. The molecule has 3 N–H and O–H groups in total. The predicted octanol–water partition coefficient (Wildman–Crippen LogP) is 1.39. The second kappa shape index (κ2) is 5.63. The van der Waals surface area contributed by atoms with Crippen molar-refractivity contribution < 1.29 is 9.32 Å². The number of nitrogen functional groups attached to an aromatic ring is 1. The van der Waals surface area contributed by atoms with E-state index >= 15 is 0 Å². The van der Waals surface area contributed by atoms with Gasteiger partial charge in [-0.25, -0.2) is 0 Å². The number of amides is 1. The maximum Gasteiger partial charge on any atom is 0.252 e. The summed E-state index contributed by atoms with van der Waals surface area (Å²) in [5, 5.41) is 6.23. The first-order chi connectivity index (χ1) is 8.66. The maximum absolute atomic E-state index is 11.9. The number of hydrogen-bond donors (Lipinski definition) is 2. The van der Waals surface area contributed by atoms with Gasteiger partial charge < -0.3 is 15.6 Å². The number of rotatable bonds is 4. The molecule has 0 spiro atoms. The van der Waals surface area contributed by atoms with Gasteiger partial charge >= 0.3 is 0 Å². The summed E-state index contributed by atoms with van der Waals surface area (Å²) < 4.78 is 5.52.